The second-order valence-corrected chi connectivity index (χ2v) is 7.69. The molecule has 2 aliphatic rings. The minimum atomic E-state index is 0.188. The van der Waals surface area contributed by atoms with Crippen molar-refractivity contribution in [3.8, 4) is 0 Å². The smallest absolute Gasteiger partial charge is 0.227 e. The molecule has 0 spiro atoms. The number of aromatic nitrogens is 4. The van der Waals surface area contributed by atoms with Crippen molar-refractivity contribution >= 4 is 17.3 Å². The summed E-state index contributed by atoms with van der Waals surface area (Å²) in [6.45, 7) is 3.47. The van der Waals surface area contributed by atoms with Crippen LogP contribution in [-0.4, -0.2) is 84.2 Å². The predicted octanol–water partition coefficient (Wildman–Crippen LogP) is 1.27. The third-order valence-corrected chi connectivity index (χ3v) is 5.80. The van der Waals surface area contributed by atoms with E-state index in [2.05, 4.69) is 51.0 Å². The zero-order chi connectivity index (χ0) is 19.7. The summed E-state index contributed by atoms with van der Waals surface area (Å²) >= 11 is 0. The molecule has 8 nitrogen and oxygen atoms in total. The van der Waals surface area contributed by atoms with Crippen molar-refractivity contribution in [1.29, 1.82) is 0 Å². The number of rotatable bonds is 5. The number of methoxy groups -OCH3 is 1. The Hall–Kier alpha value is -2.45. The molecule has 8 heteroatoms. The highest BCUT2D eigenvalue weighted by Crippen LogP contribution is 2.26. The average molecular weight is 384 g/mol. The van der Waals surface area contributed by atoms with E-state index in [9.17, 15) is 0 Å². The van der Waals surface area contributed by atoms with Crippen molar-refractivity contribution in [3.63, 3.8) is 0 Å². The largest absolute Gasteiger partial charge is 0.378 e. The number of ether oxygens (including phenoxy) is 1. The minimum Gasteiger partial charge on any atom is -0.378 e. The van der Waals surface area contributed by atoms with Crippen molar-refractivity contribution in [3.05, 3.63) is 36.3 Å². The molecule has 1 saturated heterocycles. The van der Waals surface area contributed by atoms with E-state index < -0.39 is 0 Å². The molecule has 0 unspecified atom stereocenters. The number of nitrogens with zero attached hydrogens (tertiary/aromatic N) is 7. The SMILES string of the molecule is CO[C@@H]1CN(c2ccnc(N3CC=C(c4ccnn4C)CC3)n2)C[C@@H]1N(C)C. The van der Waals surface area contributed by atoms with Gasteiger partial charge in [-0.15, -0.1) is 0 Å². The van der Waals surface area contributed by atoms with Crippen LogP contribution >= 0.6 is 0 Å². The van der Waals surface area contributed by atoms with Crippen LogP contribution in [0.3, 0.4) is 0 Å². The Morgan fingerprint density at radius 3 is 2.61 bits per heavy atom. The molecule has 1 fully saturated rings. The number of anilines is 2. The van der Waals surface area contributed by atoms with E-state index in [0.29, 0.717) is 6.04 Å². The average Bonchev–Trinajstić information content (AvgIpc) is 3.34. The maximum atomic E-state index is 5.69. The van der Waals surface area contributed by atoms with Gasteiger partial charge in [0.25, 0.3) is 0 Å². The summed E-state index contributed by atoms with van der Waals surface area (Å²) in [6, 6.07) is 4.43. The molecule has 4 rings (SSSR count). The molecular formula is C20H29N7O. The molecule has 2 atom stereocenters. The van der Waals surface area contributed by atoms with E-state index in [4.69, 9.17) is 9.72 Å². The maximum absolute atomic E-state index is 5.69. The quantitative estimate of drug-likeness (QED) is 0.770. The van der Waals surface area contributed by atoms with Gasteiger partial charge in [-0.3, -0.25) is 4.68 Å². The molecule has 4 heterocycles. The van der Waals surface area contributed by atoms with Crippen LogP contribution in [0.5, 0.6) is 0 Å². The van der Waals surface area contributed by atoms with Crippen LogP contribution in [0, 0.1) is 0 Å². The second-order valence-electron chi connectivity index (χ2n) is 7.69. The zero-order valence-corrected chi connectivity index (χ0v) is 17.1. The normalized spacial score (nSPS) is 22.8. The van der Waals surface area contributed by atoms with Crippen LogP contribution in [0.1, 0.15) is 12.1 Å². The number of aryl methyl sites for hydroxylation is 1. The van der Waals surface area contributed by atoms with Gasteiger partial charge in [0, 0.05) is 52.7 Å². The molecule has 2 aromatic rings. The van der Waals surface area contributed by atoms with Crippen LogP contribution in [0.2, 0.25) is 0 Å². The van der Waals surface area contributed by atoms with Crippen LogP contribution in [0.4, 0.5) is 11.8 Å². The van der Waals surface area contributed by atoms with Gasteiger partial charge in [0.15, 0.2) is 0 Å². The highest BCUT2D eigenvalue weighted by Gasteiger charge is 2.35. The summed E-state index contributed by atoms with van der Waals surface area (Å²) in [5.41, 5.74) is 2.52. The second kappa shape index (κ2) is 7.89. The summed E-state index contributed by atoms with van der Waals surface area (Å²) < 4.78 is 7.62. The first kappa shape index (κ1) is 18.9. The van der Waals surface area contributed by atoms with Crippen molar-refractivity contribution in [1.82, 2.24) is 24.6 Å². The topological polar surface area (TPSA) is 62.6 Å². The van der Waals surface area contributed by atoms with Crippen LogP contribution in [0.25, 0.3) is 5.57 Å². The van der Waals surface area contributed by atoms with E-state index in [1.807, 2.05) is 30.2 Å². The van der Waals surface area contributed by atoms with E-state index in [-0.39, 0.29) is 6.10 Å². The maximum Gasteiger partial charge on any atom is 0.227 e. The fraction of sp³-hybridized carbons (Fsp3) is 0.550. The van der Waals surface area contributed by atoms with E-state index in [1.54, 1.807) is 7.11 Å². The van der Waals surface area contributed by atoms with Crippen molar-refractivity contribution in [2.75, 3.05) is 57.2 Å². The third-order valence-electron chi connectivity index (χ3n) is 5.80. The Labute approximate surface area is 166 Å². The Balaban J connectivity index is 1.48. The van der Waals surface area contributed by atoms with Gasteiger partial charge in [-0.25, -0.2) is 4.98 Å². The molecule has 150 valence electrons. The summed E-state index contributed by atoms with van der Waals surface area (Å²) in [5.74, 6) is 1.76. The predicted molar refractivity (Wildman–Crippen MR) is 111 cm³/mol. The highest BCUT2D eigenvalue weighted by molar-refractivity contribution is 5.65. The number of hydrogen-bond acceptors (Lipinski definition) is 7. The van der Waals surface area contributed by atoms with E-state index in [1.165, 1.54) is 11.3 Å². The summed E-state index contributed by atoms with van der Waals surface area (Å²) in [6.07, 6.45) is 7.12. The standard InChI is InChI=1S/C20H29N7O/c1-24(2)17-13-27(14-18(17)28-4)19-6-9-21-20(23-19)26-11-7-15(8-12-26)16-5-10-22-25(16)3/h5-7,9-10,17-18H,8,11-14H2,1-4H3/t17-,18+/m0/s1. The van der Waals surface area contributed by atoms with Gasteiger partial charge in [0.05, 0.1) is 17.8 Å². The van der Waals surface area contributed by atoms with Crippen molar-refractivity contribution in [2.24, 2.45) is 7.05 Å². The van der Waals surface area contributed by atoms with Gasteiger partial charge in [-0.1, -0.05) is 6.08 Å². The Morgan fingerprint density at radius 1 is 1.14 bits per heavy atom. The first-order valence-electron chi connectivity index (χ1n) is 9.76. The molecule has 28 heavy (non-hydrogen) atoms. The van der Waals surface area contributed by atoms with Gasteiger partial charge >= 0.3 is 0 Å². The van der Waals surface area contributed by atoms with Gasteiger partial charge in [-0.05, 0) is 38.2 Å². The molecule has 0 N–H and O–H groups in total. The Kier molecular flexibility index (Phi) is 5.32. The molecule has 2 aromatic heterocycles. The summed E-state index contributed by atoms with van der Waals surface area (Å²) in [5, 5.41) is 4.27. The fourth-order valence-electron chi connectivity index (χ4n) is 4.11. The fourth-order valence-corrected chi connectivity index (χ4v) is 4.11. The third kappa shape index (κ3) is 3.62. The van der Waals surface area contributed by atoms with E-state index >= 15 is 0 Å². The number of likely N-dealkylation sites (N-methyl/N-ethyl adjacent to an activating group) is 1. The Morgan fingerprint density at radius 2 is 2.00 bits per heavy atom. The first-order valence-corrected chi connectivity index (χ1v) is 9.76. The molecule has 0 radical (unpaired) electrons. The lowest BCUT2D eigenvalue weighted by molar-refractivity contribution is 0.0639. The van der Waals surface area contributed by atoms with Crippen molar-refractivity contribution < 1.29 is 4.74 Å². The van der Waals surface area contributed by atoms with Gasteiger partial charge in [0.1, 0.15) is 5.82 Å². The van der Waals surface area contributed by atoms with E-state index in [0.717, 1.165) is 44.4 Å². The molecule has 0 bridgehead atoms. The van der Waals surface area contributed by atoms with Crippen LogP contribution in [0.15, 0.2) is 30.6 Å². The van der Waals surface area contributed by atoms with Crippen LogP contribution in [-0.2, 0) is 11.8 Å². The lowest BCUT2D eigenvalue weighted by atomic mass is 10.1. The minimum absolute atomic E-state index is 0.188. The highest BCUT2D eigenvalue weighted by atomic mass is 16.5. The lowest BCUT2D eigenvalue weighted by Crippen LogP contribution is -2.39. The van der Waals surface area contributed by atoms with Gasteiger partial charge < -0.3 is 19.4 Å². The number of hydrogen-bond donors (Lipinski definition) is 0. The molecular weight excluding hydrogens is 354 g/mol. The molecule has 0 aliphatic carbocycles. The summed E-state index contributed by atoms with van der Waals surface area (Å²) in [4.78, 5) is 16.2. The Bertz CT molecular complexity index is 847. The van der Waals surface area contributed by atoms with Gasteiger partial charge in [0.2, 0.25) is 5.95 Å². The molecule has 0 aromatic carbocycles. The zero-order valence-electron chi connectivity index (χ0n) is 17.1. The molecule has 0 amide bonds. The van der Waals surface area contributed by atoms with Crippen molar-refractivity contribution in [2.45, 2.75) is 18.6 Å². The molecule has 2 aliphatic heterocycles. The molecule has 0 saturated carbocycles. The van der Waals surface area contributed by atoms with Gasteiger partial charge in [-0.2, -0.15) is 10.1 Å². The summed E-state index contributed by atoms with van der Waals surface area (Å²) in [7, 11) is 7.98. The monoisotopic (exact) mass is 383 g/mol. The first-order chi connectivity index (χ1) is 13.6. The lowest BCUT2D eigenvalue weighted by Gasteiger charge is -2.27. The van der Waals surface area contributed by atoms with Crippen LogP contribution < -0.4 is 9.80 Å².